The number of terminal acetylenes is 1. The van der Waals surface area contributed by atoms with Gasteiger partial charge in [0.1, 0.15) is 5.82 Å². The van der Waals surface area contributed by atoms with Crippen molar-refractivity contribution < 1.29 is 9.18 Å². The number of nitrogens with zero attached hydrogens (tertiary/aromatic N) is 1. The summed E-state index contributed by atoms with van der Waals surface area (Å²) in [6, 6.07) is 14.1. The van der Waals surface area contributed by atoms with Crippen LogP contribution in [0.1, 0.15) is 53.1 Å². The summed E-state index contributed by atoms with van der Waals surface area (Å²) in [5, 5.41) is 4.05. The van der Waals surface area contributed by atoms with Crippen LogP contribution in [0.4, 0.5) is 4.39 Å². The second kappa shape index (κ2) is 8.15. The average molecular weight is 413 g/mol. The Morgan fingerprint density at radius 1 is 1.06 bits per heavy atom. The van der Waals surface area contributed by atoms with Gasteiger partial charge in [-0.25, -0.2) is 4.39 Å². The third-order valence-electron chi connectivity index (χ3n) is 7.16. The van der Waals surface area contributed by atoms with Gasteiger partial charge in [0.05, 0.1) is 5.52 Å². The number of hydrogen-bond donors (Lipinski definition) is 1. The van der Waals surface area contributed by atoms with Gasteiger partial charge in [0.25, 0.3) is 5.91 Å². The average Bonchev–Trinajstić information content (AvgIpc) is 3.36. The SMILES string of the molecule is C#Cc1ccc(C(=O)NCC2CC3CC(c4ccnc5ccc(F)cc45)CC3C2)cc1. The van der Waals surface area contributed by atoms with Gasteiger partial charge in [0.2, 0.25) is 0 Å². The molecule has 5 rings (SSSR count). The molecule has 3 nitrogen and oxygen atoms in total. The smallest absolute Gasteiger partial charge is 0.251 e. The molecule has 2 fully saturated rings. The molecule has 1 N–H and O–H groups in total. The van der Waals surface area contributed by atoms with E-state index in [4.69, 9.17) is 6.42 Å². The number of carbonyl (C=O) groups is 1. The normalized spacial score (nSPS) is 24.6. The molecule has 0 spiro atoms. The van der Waals surface area contributed by atoms with Gasteiger partial charge in [-0.1, -0.05) is 5.92 Å². The van der Waals surface area contributed by atoms with E-state index in [1.807, 2.05) is 6.20 Å². The van der Waals surface area contributed by atoms with E-state index in [2.05, 4.69) is 22.3 Å². The fraction of sp³-hybridized carbons (Fsp3) is 0.333. The third-order valence-corrected chi connectivity index (χ3v) is 7.16. The molecular weight excluding hydrogens is 387 g/mol. The Balaban J connectivity index is 1.19. The second-order valence-electron chi connectivity index (χ2n) is 9.02. The largest absolute Gasteiger partial charge is 0.352 e. The van der Waals surface area contributed by atoms with Crippen LogP contribution < -0.4 is 5.32 Å². The lowest BCUT2D eigenvalue weighted by molar-refractivity contribution is 0.0946. The molecule has 31 heavy (non-hydrogen) atoms. The number of nitrogens with one attached hydrogen (secondary N) is 1. The molecule has 2 saturated carbocycles. The quantitative estimate of drug-likeness (QED) is 0.591. The van der Waals surface area contributed by atoms with E-state index in [1.54, 1.807) is 36.4 Å². The van der Waals surface area contributed by atoms with Crippen molar-refractivity contribution in [2.24, 2.45) is 17.8 Å². The lowest BCUT2D eigenvalue weighted by Gasteiger charge is -2.17. The molecule has 0 aliphatic heterocycles. The molecule has 1 heterocycles. The van der Waals surface area contributed by atoms with Gasteiger partial charge in [0.15, 0.2) is 0 Å². The molecule has 2 atom stereocenters. The van der Waals surface area contributed by atoms with E-state index in [9.17, 15) is 9.18 Å². The van der Waals surface area contributed by atoms with E-state index in [0.717, 1.165) is 48.7 Å². The van der Waals surface area contributed by atoms with E-state index in [1.165, 1.54) is 11.6 Å². The predicted molar refractivity (Wildman–Crippen MR) is 120 cm³/mol. The van der Waals surface area contributed by atoms with Crippen LogP contribution in [0.3, 0.4) is 0 Å². The molecule has 2 aliphatic carbocycles. The fourth-order valence-corrected chi connectivity index (χ4v) is 5.72. The number of fused-ring (bicyclic) bond motifs is 2. The van der Waals surface area contributed by atoms with Crippen LogP contribution in [0.5, 0.6) is 0 Å². The highest BCUT2D eigenvalue weighted by atomic mass is 19.1. The first kappa shape index (κ1) is 19.8. The van der Waals surface area contributed by atoms with Crippen molar-refractivity contribution in [2.45, 2.75) is 31.6 Å². The van der Waals surface area contributed by atoms with Crippen LogP contribution in [0, 0.1) is 35.9 Å². The van der Waals surface area contributed by atoms with Gasteiger partial charge in [-0.2, -0.15) is 0 Å². The monoisotopic (exact) mass is 412 g/mol. The van der Waals surface area contributed by atoms with Crippen LogP contribution in [-0.2, 0) is 0 Å². The Labute approximate surface area is 182 Å². The number of benzene rings is 2. The van der Waals surface area contributed by atoms with Gasteiger partial charge in [-0.05, 0) is 103 Å². The Morgan fingerprint density at radius 2 is 1.81 bits per heavy atom. The van der Waals surface area contributed by atoms with E-state index in [0.29, 0.717) is 29.2 Å². The van der Waals surface area contributed by atoms with Gasteiger partial charge < -0.3 is 5.32 Å². The van der Waals surface area contributed by atoms with Crippen molar-refractivity contribution in [1.29, 1.82) is 0 Å². The van der Waals surface area contributed by atoms with E-state index >= 15 is 0 Å². The van der Waals surface area contributed by atoms with Crippen molar-refractivity contribution in [3.63, 3.8) is 0 Å². The number of carbonyl (C=O) groups excluding carboxylic acids is 1. The van der Waals surface area contributed by atoms with Gasteiger partial charge in [-0.15, -0.1) is 6.42 Å². The molecular formula is C27H25FN2O. The van der Waals surface area contributed by atoms with Crippen LogP contribution >= 0.6 is 0 Å². The highest BCUT2D eigenvalue weighted by molar-refractivity contribution is 5.94. The summed E-state index contributed by atoms with van der Waals surface area (Å²) in [5.41, 5.74) is 3.53. The summed E-state index contributed by atoms with van der Waals surface area (Å²) in [6.45, 7) is 0.719. The number of pyridine rings is 1. The minimum absolute atomic E-state index is 0.0382. The highest BCUT2D eigenvalue weighted by Gasteiger charge is 2.42. The first-order valence-electron chi connectivity index (χ1n) is 11.0. The summed E-state index contributed by atoms with van der Waals surface area (Å²) in [6.07, 6.45) is 11.8. The molecule has 1 aromatic heterocycles. The molecule has 0 bridgehead atoms. The summed E-state index contributed by atoms with van der Waals surface area (Å²) >= 11 is 0. The molecule has 2 aliphatic rings. The lowest BCUT2D eigenvalue weighted by atomic mass is 9.90. The van der Waals surface area contributed by atoms with Crippen LogP contribution in [0.2, 0.25) is 0 Å². The second-order valence-corrected chi connectivity index (χ2v) is 9.02. The zero-order valence-electron chi connectivity index (χ0n) is 17.4. The van der Waals surface area contributed by atoms with Gasteiger partial charge in [0, 0.05) is 29.3 Å². The summed E-state index contributed by atoms with van der Waals surface area (Å²) in [5.74, 6) is 4.67. The lowest BCUT2D eigenvalue weighted by Crippen LogP contribution is -2.28. The first-order valence-corrected chi connectivity index (χ1v) is 11.0. The van der Waals surface area contributed by atoms with Crippen molar-refractivity contribution in [3.8, 4) is 12.3 Å². The Kier molecular flexibility index (Phi) is 5.19. The summed E-state index contributed by atoms with van der Waals surface area (Å²) in [7, 11) is 0. The first-order chi connectivity index (χ1) is 15.1. The summed E-state index contributed by atoms with van der Waals surface area (Å²) < 4.78 is 13.8. The number of hydrogen-bond acceptors (Lipinski definition) is 2. The molecule has 0 saturated heterocycles. The van der Waals surface area contributed by atoms with Crippen molar-refractivity contribution in [3.05, 3.63) is 77.2 Å². The number of halogens is 1. The van der Waals surface area contributed by atoms with E-state index < -0.39 is 0 Å². The Bertz CT molecular complexity index is 1150. The van der Waals surface area contributed by atoms with Crippen molar-refractivity contribution in [1.82, 2.24) is 10.3 Å². The maximum Gasteiger partial charge on any atom is 0.251 e. The maximum atomic E-state index is 13.8. The highest BCUT2D eigenvalue weighted by Crippen LogP contribution is 2.53. The van der Waals surface area contributed by atoms with Gasteiger partial charge in [-0.3, -0.25) is 9.78 Å². The molecule has 3 aromatic rings. The zero-order chi connectivity index (χ0) is 21.4. The molecule has 1 amide bonds. The summed E-state index contributed by atoms with van der Waals surface area (Å²) in [4.78, 5) is 16.8. The minimum atomic E-state index is -0.204. The molecule has 4 heteroatoms. The molecule has 156 valence electrons. The van der Waals surface area contributed by atoms with Crippen LogP contribution in [-0.4, -0.2) is 17.4 Å². The minimum Gasteiger partial charge on any atom is -0.352 e. The Morgan fingerprint density at radius 3 is 2.52 bits per heavy atom. The van der Waals surface area contributed by atoms with Crippen LogP contribution in [0.25, 0.3) is 10.9 Å². The van der Waals surface area contributed by atoms with Gasteiger partial charge >= 0.3 is 0 Å². The number of amides is 1. The van der Waals surface area contributed by atoms with Crippen molar-refractivity contribution >= 4 is 16.8 Å². The topological polar surface area (TPSA) is 42.0 Å². The standard InChI is InChI=1S/C27H25FN2O/c1-2-17-3-5-19(6-4-17)27(31)30-16-18-11-20-13-22(14-21(20)12-18)24-9-10-29-26-8-7-23(28)15-25(24)26/h1,3-10,15,18,20-22H,11-14,16H2,(H,30,31). The Hall–Kier alpha value is -3.19. The maximum absolute atomic E-state index is 13.8. The van der Waals surface area contributed by atoms with E-state index in [-0.39, 0.29) is 11.7 Å². The predicted octanol–water partition coefficient (Wildman–Crippen LogP) is 5.31. The number of rotatable bonds is 4. The molecule has 2 aromatic carbocycles. The fourth-order valence-electron chi connectivity index (χ4n) is 5.72. The zero-order valence-corrected chi connectivity index (χ0v) is 17.4. The van der Waals surface area contributed by atoms with Crippen molar-refractivity contribution in [2.75, 3.05) is 6.54 Å². The third kappa shape index (κ3) is 3.93. The number of aromatic nitrogens is 1. The van der Waals surface area contributed by atoms with Crippen LogP contribution in [0.15, 0.2) is 54.7 Å². The molecule has 2 unspecified atom stereocenters. The molecule has 0 radical (unpaired) electrons.